The second-order valence-corrected chi connectivity index (χ2v) is 7.10. The van der Waals surface area contributed by atoms with Crippen LogP contribution in [0.3, 0.4) is 0 Å². The van der Waals surface area contributed by atoms with Gasteiger partial charge in [-0.05, 0) is 12.5 Å². The molecular formula is C17H14N4O6S. The third-order valence-electron chi connectivity index (χ3n) is 4.00. The first-order valence-electron chi connectivity index (χ1n) is 8.01. The van der Waals surface area contributed by atoms with Crippen LogP contribution in [0.5, 0.6) is 0 Å². The number of nitrogens with one attached hydrogen (secondary N) is 1. The Balaban J connectivity index is 1.89. The van der Waals surface area contributed by atoms with Crippen LogP contribution in [0, 0.1) is 27.2 Å². The third kappa shape index (κ3) is 3.93. The molecule has 0 saturated carbocycles. The van der Waals surface area contributed by atoms with Crippen molar-refractivity contribution in [2.24, 2.45) is 0 Å². The lowest BCUT2D eigenvalue weighted by molar-refractivity contribution is -0.394. The van der Waals surface area contributed by atoms with Crippen molar-refractivity contribution in [1.82, 2.24) is 10.4 Å². The predicted molar refractivity (Wildman–Crippen MR) is 100 cm³/mol. The fraction of sp³-hybridized carbons (Fsp3) is 0.176. The average Bonchev–Trinajstić information content (AvgIpc) is 3.01. The Morgan fingerprint density at radius 2 is 1.79 bits per heavy atom. The molecule has 0 aliphatic carbocycles. The molecule has 2 aromatic carbocycles. The van der Waals surface area contributed by atoms with Crippen molar-refractivity contribution in [3.8, 4) is 0 Å². The third-order valence-corrected chi connectivity index (χ3v) is 5.22. The first kappa shape index (κ1) is 19.3. The second kappa shape index (κ2) is 7.64. The first-order chi connectivity index (χ1) is 13.3. The molecule has 1 atom stereocenters. The molecule has 1 aliphatic heterocycles. The predicted octanol–water partition coefficient (Wildman–Crippen LogP) is 2.73. The van der Waals surface area contributed by atoms with Crippen molar-refractivity contribution < 1.29 is 19.4 Å². The Labute approximate surface area is 162 Å². The number of rotatable bonds is 5. The Bertz CT molecular complexity index is 963. The molecule has 1 unspecified atom stereocenters. The molecule has 2 aromatic rings. The molecular weight excluding hydrogens is 388 g/mol. The first-order valence-corrected chi connectivity index (χ1v) is 9.06. The molecule has 0 bridgehead atoms. The highest BCUT2D eigenvalue weighted by molar-refractivity contribution is 8.00. The van der Waals surface area contributed by atoms with Crippen LogP contribution < -0.4 is 5.43 Å². The summed E-state index contributed by atoms with van der Waals surface area (Å²) >= 11 is 1.32. The van der Waals surface area contributed by atoms with Crippen LogP contribution >= 0.6 is 11.8 Å². The summed E-state index contributed by atoms with van der Waals surface area (Å²) in [6, 6.07) is 10.1. The molecule has 1 saturated heterocycles. The second-order valence-electron chi connectivity index (χ2n) is 6.03. The molecule has 1 heterocycles. The van der Waals surface area contributed by atoms with Crippen molar-refractivity contribution in [2.45, 2.75) is 12.3 Å². The zero-order chi connectivity index (χ0) is 20.4. The van der Waals surface area contributed by atoms with Crippen molar-refractivity contribution >= 4 is 35.0 Å². The fourth-order valence-corrected chi connectivity index (χ4v) is 3.82. The van der Waals surface area contributed by atoms with Gasteiger partial charge in [0.25, 0.3) is 23.2 Å². The van der Waals surface area contributed by atoms with Crippen LogP contribution in [0.2, 0.25) is 0 Å². The minimum absolute atomic E-state index is 0.147. The number of nitro groups is 2. The number of amides is 2. The van der Waals surface area contributed by atoms with Gasteiger partial charge in [0.2, 0.25) is 0 Å². The topological polar surface area (TPSA) is 136 Å². The van der Waals surface area contributed by atoms with E-state index in [0.717, 1.165) is 34.3 Å². The van der Waals surface area contributed by atoms with E-state index in [1.54, 1.807) is 0 Å². The maximum atomic E-state index is 12.6. The quantitative estimate of drug-likeness (QED) is 0.600. The number of carbonyl (C=O) groups excluding carboxylic acids is 2. The molecule has 2 amide bonds. The van der Waals surface area contributed by atoms with E-state index >= 15 is 0 Å². The molecule has 0 aromatic heterocycles. The molecule has 0 radical (unpaired) electrons. The van der Waals surface area contributed by atoms with Crippen molar-refractivity contribution in [1.29, 1.82) is 0 Å². The molecule has 1 fully saturated rings. The summed E-state index contributed by atoms with van der Waals surface area (Å²) in [5, 5.41) is 22.7. The molecule has 28 heavy (non-hydrogen) atoms. The van der Waals surface area contributed by atoms with Crippen molar-refractivity contribution in [3.63, 3.8) is 0 Å². The molecule has 3 rings (SSSR count). The molecule has 10 nitrogen and oxygen atoms in total. The highest BCUT2D eigenvalue weighted by Crippen LogP contribution is 2.37. The lowest BCUT2D eigenvalue weighted by Crippen LogP contribution is -2.44. The van der Waals surface area contributed by atoms with Gasteiger partial charge >= 0.3 is 0 Å². The minimum Gasteiger partial charge on any atom is -0.272 e. The van der Waals surface area contributed by atoms with Gasteiger partial charge in [-0.2, -0.15) is 0 Å². The minimum atomic E-state index is -0.847. The van der Waals surface area contributed by atoms with Gasteiger partial charge in [0, 0.05) is 12.1 Å². The number of nitro benzene ring substituents is 2. The number of aryl methyl sites for hydroxylation is 1. The maximum absolute atomic E-state index is 12.6. The van der Waals surface area contributed by atoms with Crippen LogP contribution in [-0.4, -0.2) is 32.4 Å². The van der Waals surface area contributed by atoms with E-state index in [4.69, 9.17) is 0 Å². The SMILES string of the molecule is Cc1cccc(C2SCC(=O)N2NC(=O)c2cc([N+](=O)[O-])cc([N+](=O)[O-])c2)c1. The monoisotopic (exact) mass is 402 g/mol. The van der Waals surface area contributed by atoms with Gasteiger partial charge in [0.05, 0.1) is 27.2 Å². The lowest BCUT2D eigenvalue weighted by atomic mass is 10.1. The molecule has 11 heteroatoms. The molecule has 1 N–H and O–H groups in total. The van der Waals surface area contributed by atoms with Gasteiger partial charge in [-0.3, -0.25) is 35.2 Å². The van der Waals surface area contributed by atoms with Crippen LogP contribution in [-0.2, 0) is 4.79 Å². The van der Waals surface area contributed by atoms with Crippen molar-refractivity contribution in [2.75, 3.05) is 5.75 Å². The summed E-state index contributed by atoms with van der Waals surface area (Å²) in [6.45, 7) is 1.90. The summed E-state index contributed by atoms with van der Waals surface area (Å²) in [4.78, 5) is 45.2. The number of benzene rings is 2. The van der Waals surface area contributed by atoms with Gasteiger partial charge in [-0.15, -0.1) is 11.8 Å². The zero-order valence-electron chi connectivity index (χ0n) is 14.5. The maximum Gasteiger partial charge on any atom is 0.277 e. The summed E-state index contributed by atoms with van der Waals surface area (Å²) in [7, 11) is 0. The smallest absolute Gasteiger partial charge is 0.272 e. The number of hydrogen-bond acceptors (Lipinski definition) is 7. The zero-order valence-corrected chi connectivity index (χ0v) is 15.3. The van der Waals surface area contributed by atoms with Crippen LogP contribution in [0.1, 0.15) is 26.9 Å². The Hall–Kier alpha value is -3.47. The van der Waals surface area contributed by atoms with Crippen LogP contribution in [0.25, 0.3) is 0 Å². The summed E-state index contributed by atoms with van der Waals surface area (Å²) in [5.74, 6) is -1.04. The number of hydrogen-bond donors (Lipinski definition) is 1. The normalized spacial score (nSPS) is 16.1. The molecule has 144 valence electrons. The Morgan fingerprint density at radius 3 is 2.36 bits per heavy atom. The number of carbonyl (C=O) groups is 2. The number of thioether (sulfide) groups is 1. The Morgan fingerprint density at radius 1 is 1.14 bits per heavy atom. The highest BCUT2D eigenvalue weighted by atomic mass is 32.2. The van der Waals surface area contributed by atoms with Gasteiger partial charge in [0.15, 0.2) is 0 Å². The van der Waals surface area contributed by atoms with E-state index in [1.165, 1.54) is 11.8 Å². The fourth-order valence-electron chi connectivity index (χ4n) is 2.73. The molecule has 1 aliphatic rings. The number of non-ortho nitro benzene ring substituents is 2. The van der Waals surface area contributed by atoms with E-state index < -0.39 is 32.5 Å². The summed E-state index contributed by atoms with van der Waals surface area (Å²) < 4.78 is 0. The van der Waals surface area contributed by atoms with E-state index in [-0.39, 0.29) is 17.2 Å². The van der Waals surface area contributed by atoms with Gasteiger partial charge in [-0.1, -0.05) is 29.8 Å². The number of hydrazine groups is 1. The molecule has 0 spiro atoms. The Kier molecular flexibility index (Phi) is 5.27. The highest BCUT2D eigenvalue weighted by Gasteiger charge is 2.35. The van der Waals surface area contributed by atoms with Crippen LogP contribution in [0.15, 0.2) is 42.5 Å². The largest absolute Gasteiger partial charge is 0.277 e. The number of nitrogens with zero attached hydrogens (tertiary/aromatic N) is 3. The van der Waals surface area contributed by atoms with E-state index in [9.17, 15) is 29.8 Å². The lowest BCUT2D eigenvalue weighted by Gasteiger charge is -2.24. The summed E-state index contributed by atoms with van der Waals surface area (Å²) in [5.41, 5.74) is 2.76. The van der Waals surface area contributed by atoms with Gasteiger partial charge in [0.1, 0.15) is 5.37 Å². The van der Waals surface area contributed by atoms with Crippen LogP contribution in [0.4, 0.5) is 11.4 Å². The van der Waals surface area contributed by atoms with E-state index in [0.29, 0.717) is 0 Å². The van der Waals surface area contributed by atoms with Gasteiger partial charge < -0.3 is 0 Å². The van der Waals surface area contributed by atoms with E-state index in [2.05, 4.69) is 5.43 Å². The summed E-state index contributed by atoms with van der Waals surface area (Å²) in [6.07, 6.45) is 0. The van der Waals surface area contributed by atoms with Crippen molar-refractivity contribution in [3.05, 3.63) is 79.4 Å². The van der Waals surface area contributed by atoms with Gasteiger partial charge in [-0.25, -0.2) is 5.01 Å². The van der Waals surface area contributed by atoms with E-state index in [1.807, 2.05) is 31.2 Å². The standard InChI is InChI=1S/C17H14N4O6S/c1-10-3-2-4-11(5-10)17-19(15(22)9-28-17)18-16(23)12-6-13(20(24)25)8-14(7-12)21(26)27/h2-8,17H,9H2,1H3,(H,18,23). The average molecular weight is 402 g/mol.